The first kappa shape index (κ1) is 16.2. The SMILES string of the molecule is N#Cc1ccc(NC(=O)C2(C(=O)Nc3cccc(C#N)c3)CC2)cc1. The van der Waals surface area contributed by atoms with Gasteiger partial charge < -0.3 is 10.6 Å². The summed E-state index contributed by atoms with van der Waals surface area (Å²) in [5, 5.41) is 23.1. The van der Waals surface area contributed by atoms with Gasteiger partial charge in [0.2, 0.25) is 11.8 Å². The van der Waals surface area contributed by atoms with E-state index in [1.54, 1.807) is 48.5 Å². The van der Waals surface area contributed by atoms with E-state index in [-0.39, 0.29) is 11.8 Å². The van der Waals surface area contributed by atoms with E-state index in [4.69, 9.17) is 10.5 Å². The van der Waals surface area contributed by atoms with Gasteiger partial charge >= 0.3 is 0 Å². The smallest absolute Gasteiger partial charge is 0.240 e. The predicted molar refractivity (Wildman–Crippen MR) is 91.2 cm³/mol. The van der Waals surface area contributed by atoms with Crippen molar-refractivity contribution in [2.75, 3.05) is 10.6 Å². The summed E-state index contributed by atoms with van der Waals surface area (Å²) in [7, 11) is 0. The maximum Gasteiger partial charge on any atom is 0.240 e. The van der Waals surface area contributed by atoms with Gasteiger partial charge in [-0.3, -0.25) is 9.59 Å². The van der Waals surface area contributed by atoms with Crippen LogP contribution in [0, 0.1) is 28.1 Å². The summed E-state index contributed by atoms with van der Waals surface area (Å²) < 4.78 is 0. The fourth-order valence-corrected chi connectivity index (χ4v) is 2.48. The van der Waals surface area contributed by atoms with Gasteiger partial charge in [-0.2, -0.15) is 10.5 Å². The summed E-state index contributed by atoms with van der Waals surface area (Å²) in [6, 6.07) is 17.0. The number of hydrogen-bond acceptors (Lipinski definition) is 4. The molecule has 2 aromatic carbocycles. The van der Waals surface area contributed by atoms with Crippen molar-refractivity contribution in [3.05, 3.63) is 59.7 Å². The van der Waals surface area contributed by atoms with Gasteiger partial charge in [-0.15, -0.1) is 0 Å². The summed E-state index contributed by atoms with van der Waals surface area (Å²) in [5.74, 6) is -0.750. The maximum atomic E-state index is 12.5. The van der Waals surface area contributed by atoms with Crippen molar-refractivity contribution in [1.82, 2.24) is 0 Å². The van der Waals surface area contributed by atoms with Gasteiger partial charge in [0.15, 0.2) is 0 Å². The molecule has 6 heteroatoms. The molecule has 6 nitrogen and oxygen atoms in total. The first-order chi connectivity index (χ1) is 12.1. The van der Waals surface area contributed by atoms with E-state index in [1.807, 2.05) is 12.1 Å². The number of carbonyl (C=O) groups excluding carboxylic acids is 2. The molecule has 0 aromatic heterocycles. The molecule has 0 saturated heterocycles. The first-order valence-corrected chi connectivity index (χ1v) is 7.71. The molecule has 2 amide bonds. The van der Waals surface area contributed by atoms with E-state index in [0.717, 1.165) is 0 Å². The molecule has 0 bridgehead atoms. The molecule has 0 spiro atoms. The van der Waals surface area contributed by atoms with E-state index in [0.29, 0.717) is 35.3 Å². The molecule has 2 aromatic rings. The zero-order chi connectivity index (χ0) is 17.9. The fraction of sp³-hybridized carbons (Fsp3) is 0.158. The lowest BCUT2D eigenvalue weighted by molar-refractivity contribution is -0.131. The molecule has 2 N–H and O–H groups in total. The van der Waals surface area contributed by atoms with Crippen LogP contribution in [-0.4, -0.2) is 11.8 Å². The summed E-state index contributed by atoms with van der Waals surface area (Å²) in [6.45, 7) is 0. The molecule has 0 aliphatic heterocycles. The van der Waals surface area contributed by atoms with E-state index in [9.17, 15) is 9.59 Å². The molecule has 0 heterocycles. The molecule has 0 atom stereocenters. The third-order valence-corrected chi connectivity index (χ3v) is 4.14. The van der Waals surface area contributed by atoms with Gasteiger partial charge in [0.05, 0.1) is 23.3 Å². The van der Waals surface area contributed by atoms with Gasteiger partial charge in [0.1, 0.15) is 5.41 Å². The van der Waals surface area contributed by atoms with Crippen LogP contribution in [0.15, 0.2) is 48.5 Å². The maximum absolute atomic E-state index is 12.5. The third-order valence-electron chi connectivity index (χ3n) is 4.14. The van der Waals surface area contributed by atoms with Crippen LogP contribution in [0.5, 0.6) is 0 Å². The molecule has 122 valence electrons. The Balaban J connectivity index is 1.70. The Morgan fingerprint density at radius 1 is 0.840 bits per heavy atom. The second kappa shape index (κ2) is 6.46. The second-order valence-electron chi connectivity index (χ2n) is 5.87. The van der Waals surface area contributed by atoms with Gasteiger partial charge in [-0.05, 0) is 55.3 Å². The number of amides is 2. The van der Waals surface area contributed by atoms with Gasteiger partial charge in [0, 0.05) is 11.4 Å². The minimum absolute atomic E-state index is 0.369. The van der Waals surface area contributed by atoms with Crippen LogP contribution < -0.4 is 10.6 Å². The zero-order valence-corrected chi connectivity index (χ0v) is 13.2. The number of anilines is 2. The standard InChI is InChI=1S/C19H14N4O2/c20-11-13-4-6-15(7-5-13)22-17(24)19(8-9-19)18(25)23-16-3-1-2-14(10-16)12-21/h1-7,10H,8-9H2,(H,22,24)(H,23,25). The first-order valence-electron chi connectivity index (χ1n) is 7.71. The quantitative estimate of drug-likeness (QED) is 0.841. The minimum Gasteiger partial charge on any atom is -0.325 e. The van der Waals surface area contributed by atoms with E-state index < -0.39 is 5.41 Å². The average Bonchev–Trinajstić information content (AvgIpc) is 3.44. The average molecular weight is 330 g/mol. The highest BCUT2D eigenvalue weighted by molar-refractivity contribution is 6.16. The van der Waals surface area contributed by atoms with Crippen LogP contribution in [0.2, 0.25) is 0 Å². The van der Waals surface area contributed by atoms with Crippen molar-refractivity contribution < 1.29 is 9.59 Å². The number of nitrogens with zero attached hydrogens (tertiary/aromatic N) is 2. The van der Waals surface area contributed by atoms with Crippen molar-refractivity contribution >= 4 is 23.2 Å². The summed E-state index contributed by atoms with van der Waals surface area (Å²) in [6.07, 6.45) is 0.942. The lowest BCUT2D eigenvalue weighted by atomic mass is 10.0. The highest BCUT2D eigenvalue weighted by atomic mass is 16.2. The van der Waals surface area contributed by atoms with Crippen molar-refractivity contribution in [3.63, 3.8) is 0 Å². The van der Waals surface area contributed by atoms with Crippen LogP contribution in [0.25, 0.3) is 0 Å². The Bertz CT molecular complexity index is 916. The number of nitrogens with one attached hydrogen (secondary N) is 2. The van der Waals surface area contributed by atoms with Crippen molar-refractivity contribution in [2.45, 2.75) is 12.8 Å². The largest absolute Gasteiger partial charge is 0.325 e. The van der Waals surface area contributed by atoms with Crippen molar-refractivity contribution in [3.8, 4) is 12.1 Å². The zero-order valence-electron chi connectivity index (χ0n) is 13.2. The third kappa shape index (κ3) is 3.34. The predicted octanol–water partition coefficient (Wildman–Crippen LogP) is 2.79. The summed E-state index contributed by atoms with van der Waals surface area (Å²) in [5.41, 5.74) is 0.867. The molecular weight excluding hydrogens is 316 g/mol. The van der Waals surface area contributed by atoms with Gasteiger partial charge in [-0.1, -0.05) is 6.07 Å². The minimum atomic E-state index is -1.09. The lowest BCUT2D eigenvalue weighted by Gasteiger charge is -2.15. The molecule has 25 heavy (non-hydrogen) atoms. The lowest BCUT2D eigenvalue weighted by Crippen LogP contribution is -2.35. The number of benzene rings is 2. The topological polar surface area (TPSA) is 106 Å². The molecule has 1 aliphatic rings. The van der Waals surface area contributed by atoms with Crippen molar-refractivity contribution in [1.29, 1.82) is 10.5 Å². The Hall–Kier alpha value is -3.64. The van der Waals surface area contributed by atoms with Crippen LogP contribution >= 0.6 is 0 Å². The van der Waals surface area contributed by atoms with Crippen LogP contribution in [0.1, 0.15) is 24.0 Å². The Kier molecular flexibility index (Phi) is 4.20. The Morgan fingerprint density at radius 3 is 2.00 bits per heavy atom. The van der Waals surface area contributed by atoms with E-state index in [1.165, 1.54) is 0 Å². The Labute approximate surface area is 144 Å². The molecular formula is C19H14N4O2. The number of nitriles is 2. The summed E-state index contributed by atoms with van der Waals surface area (Å²) >= 11 is 0. The van der Waals surface area contributed by atoms with Gasteiger partial charge in [-0.25, -0.2) is 0 Å². The van der Waals surface area contributed by atoms with Crippen LogP contribution in [-0.2, 0) is 9.59 Å². The molecule has 3 rings (SSSR count). The number of rotatable bonds is 4. The van der Waals surface area contributed by atoms with E-state index >= 15 is 0 Å². The molecule has 1 saturated carbocycles. The molecule has 0 radical (unpaired) electrons. The summed E-state index contributed by atoms with van der Waals surface area (Å²) in [4.78, 5) is 25.0. The van der Waals surface area contributed by atoms with Crippen LogP contribution in [0.4, 0.5) is 11.4 Å². The second-order valence-corrected chi connectivity index (χ2v) is 5.87. The number of carbonyl (C=O) groups is 2. The fourth-order valence-electron chi connectivity index (χ4n) is 2.48. The van der Waals surface area contributed by atoms with Crippen molar-refractivity contribution in [2.24, 2.45) is 5.41 Å². The molecule has 0 unspecified atom stereocenters. The Morgan fingerprint density at radius 2 is 1.44 bits per heavy atom. The van der Waals surface area contributed by atoms with Crippen LogP contribution in [0.3, 0.4) is 0 Å². The molecule has 1 aliphatic carbocycles. The highest BCUT2D eigenvalue weighted by Gasteiger charge is 2.56. The van der Waals surface area contributed by atoms with E-state index in [2.05, 4.69) is 10.6 Å². The highest BCUT2D eigenvalue weighted by Crippen LogP contribution is 2.47. The van der Waals surface area contributed by atoms with Gasteiger partial charge in [0.25, 0.3) is 0 Å². The number of hydrogen-bond donors (Lipinski definition) is 2. The normalized spacial score (nSPS) is 13.8. The molecule has 1 fully saturated rings. The monoisotopic (exact) mass is 330 g/mol.